The number of benzene rings is 1. The fraction of sp³-hybridized carbons (Fsp3) is 0.500. The van der Waals surface area contributed by atoms with Crippen molar-refractivity contribution in [2.45, 2.75) is 12.8 Å². The van der Waals surface area contributed by atoms with Crippen LogP contribution in [0.25, 0.3) is 0 Å². The average molecular weight is 305 g/mol. The molecule has 0 aromatic heterocycles. The number of hydrogen-bond donors (Lipinski definition) is 2. The van der Waals surface area contributed by atoms with Gasteiger partial charge in [0.2, 0.25) is 0 Å². The second-order valence-electron chi connectivity index (χ2n) is 3.92. The average Bonchev–Trinajstić information content (AvgIpc) is 2.37. The Morgan fingerprint density at radius 1 is 1.32 bits per heavy atom. The minimum Gasteiger partial charge on any atom is -0.496 e. The Bertz CT molecular complexity index is 476. The molecule has 0 heterocycles. The first-order valence-corrected chi connectivity index (χ1v) is 8.91. The zero-order chi connectivity index (χ0) is 14.1. The van der Waals surface area contributed by atoms with Gasteiger partial charge in [0.05, 0.1) is 7.11 Å². The summed E-state index contributed by atoms with van der Waals surface area (Å²) in [5.41, 5.74) is 1.17. The second-order valence-corrected chi connectivity index (χ2v) is 7.39. The van der Waals surface area contributed by atoms with Crippen LogP contribution in [0.2, 0.25) is 0 Å². The molecule has 0 aliphatic carbocycles. The third kappa shape index (κ3) is 7.41. The molecule has 0 amide bonds. The summed E-state index contributed by atoms with van der Waals surface area (Å²) >= 11 is 0. The van der Waals surface area contributed by atoms with Gasteiger partial charge in [-0.05, 0) is 41.8 Å². The molecule has 7 heteroatoms. The van der Waals surface area contributed by atoms with Gasteiger partial charge in [-0.25, -0.2) is 0 Å². The Morgan fingerprint density at radius 2 is 2.05 bits per heavy atom. The number of aryl methyl sites for hydroxylation is 1. The maximum absolute atomic E-state index is 10.5. The van der Waals surface area contributed by atoms with Crippen LogP contribution in [-0.2, 0) is 15.6 Å². The normalized spacial score (nSPS) is 11.5. The van der Waals surface area contributed by atoms with E-state index in [0.29, 0.717) is 23.1 Å². The van der Waals surface area contributed by atoms with E-state index in [1.807, 2.05) is 24.3 Å². The number of rotatable bonds is 9. The SMILES string of the molecule is COc1ccccc1CCCNCCSS(=O)(=O)O. The van der Waals surface area contributed by atoms with Gasteiger partial charge >= 0.3 is 9.15 Å². The van der Waals surface area contributed by atoms with Gasteiger partial charge in [-0.1, -0.05) is 18.2 Å². The number of para-hydroxylation sites is 1. The minimum absolute atomic E-state index is 0.341. The summed E-state index contributed by atoms with van der Waals surface area (Å²) < 4.78 is 34.7. The van der Waals surface area contributed by atoms with Crippen molar-refractivity contribution in [2.75, 3.05) is 26.0 Å². The summed E-state index contributed by atoms with van der Waals surface area (Å²) in [6.07, 6.45) is 1.85. The number of methoxy groups -OCH3 is 1. The summed E-state index contributed by atoms with van der Waals surface area (Å²) in [6, 6.07) is 7.89. The molecule has 0 aliphatic rings. The smallest absolute Gasteiger partial charge is 0.319 e. The van der Waals surface area contributed by atoms with Crippen LogP contribution < -0.4 is 10.1 Å². The molecule has 19 heavy (non-hydrogen) atoms. The van der Waals surface area contributed by atoms with E-state index in [1.54, 1.807) is 7.11 Å². The van der Waals surface area contributed by atoms with Crippen molar-refractivity contribution in [3.63, 3.8) is 0 Å². The number of ether oxygens (including phenoxy) is 1. The lowest BCUT2D eigenvalue weighted by Gasteiger charge is -2.08. The van der Waals surface area contributed by atoms with Crippen LogP contribution in [0.1, 0.15) is 12.0 Å². The molecule has 0 saturated heterocycles. The summed E-state index contributed by atoms with van der Waals surface area (Å²) in [7, 11) is -1.71. The molecule has 0 radical (unpaired) electrons. The third-order valence-corrected chi connectivity index (χ3v) is 4.57. The molecule has 0 unspecified atom stereocenters. The van der Waals surface area contributed by atoms with Crippen LogP contribution in [0.3, 0.4) is 0 Å². The lowest BCUT2D eigenvalue weighted by Crippen LogP contribution is -2.19. The first-order chi connectivity index (χ1) is 9.03. The van der Waals surface area contributed by atoms with E-state index in [-0.39, 0.29) is 0 Å². The lowest BCUT2D eigenvalue weighted by atomic mass is 10.1. The minimum atomic E-state index is -3.91. The predicted octanol–water partition coefficient (Wildman–Crippen LogP) is 1.75. The van der Waals surface area contributed by atoms with Crippen molar-refractivity contribution in [3.8, 4) is 5.75 Å². The largest absolute Gasteiger partial charge is 0.496 e. The van der Waals surface area contributed by atoms with Gasteiger partial charge in [-0.2, -0.15) is 8.42 Å². The van der Waals surface area contributed by atoms with E-state index in [9.17, 15) is 8.42 Å². The van der Waals surface area contributed by atoms with Crippen molar-refractivity contribution in [1.29, 1.82) is 0 Å². The summed E-state index contributed by atoms with van der Waals surface area (Å²) in [4.78, 5) is 0. The summed E-state index contributed by atoms with van der Waals surface area (Å²) in [6.45, 7) is 1.35. The highest BCUT2D eigenvalue weighted by Gasteiger charge is 2.04. The zero-order valence-electron chi connectivity index (χ0n) is 10.8. The van der Waals surface area contributed by atoms with Gasteiger partial charge in [-0.15, -0.1) is 0 Å². The number of hydrogen-bond acceptors (Lipinski definition) is 5. The molecule has 1 rings (SSSR count). The molecule has 2 N–H and O–H groups in total. The van der Waals surface area contributed by atoms with Gasteiger partial charge in [0.15, 0.2) is 0 Å². The van der Waals surface area contributed by atoms with Crippen LogP contribution >= 0.6 is 10.8 Å². The molecule has 108 valence electrons. The zero-order valence-corrected chi connectivity index (χ0v) is 12.5. The molecule has 5 nitrogen and oxygen atoms in total. The molecule has 0 bridgehead atoms. The Kier molecular flexibility index (Phi) is 7.22. The number of nitrogens with one attached hydrogen (secondary N) is 1. The van der Waals surface area contributed by atoms with Crippen molar-refractivity contribution in [2.24, 2.45) is 0 Å². The molecular weight excluding hydrogens is 286 g/mol. The Labute approximate surface area is 117 Å². The van der Waals surface area contributed by atoms with Crippen molar-refractivity contribution < 1.29 is 17.7 Å². The van der Waals surface area contributed by atoms with E-state index < -0.39 is 9.15 Å². The van der Waals surface area contributed by atoms with Gasteiger partial charge in [0.25, 0.3) is 0 Å². The van der Waals surface area contributed by atoms with E-state index in [2.05, 4.69) is 5.32 Å². The highest BCUT2D eigenvalue weighted by Crippen LogP contribution is 2.18. The standard InChI is InChI=1S/C12H19NO4S2/c1-17-12-7-3-2-5-11(12)6-4-8-13-9-10-18-19(14,15)16/h2-3,5,7,13H,4,6,8-10H2,1H3,(H,14,15,16). The molecule has 1 aromatic carbocycles. The molecule has 0 saturated carbocycles. The molecular formula is C12H19NO4S2. The quantitative estimate of drug-likeness (QED) is 0.411. The fourth-order valence-electron chi connectivity index (χ4n) is 1.66. The third-order valence-electron chi connectivity index (χ3n) is 2.50. The van der Waals surface area contributed by atoms with Crippen LogP contribution in [0.4, 0.5) is 0 Å². The van der Waals surface area contributed by atoms with Gasteiger partial charge in [0, 0.05) is 12.3 Å². The Balaban J connectivity index is 2.14. The molecule has 1 aromatic rings. The predicted molar refractivity (Wildman–Crippen MR) is 78.2 cm³/mol. The molecule has 0 aliphatic heterocycles. The van der Waals surface area contributed by atoms with E-state index in [4.69, 9.17) is 9.29 Å². The summed E-state index contributed by atoms with van der Waals surface area (Å²) in [5.74, 6) is 1.23. The molecule has 0 fully saturated rings. The Morgan fingerprint density at radius 3 is 2.74 bits per heavy atom. The van der Waals surface area contributed by atoms with Crippen molar-refractivity contribution in [3.05, 3.63) is 29.8 Å². The molecule has 0 spiro atoms. The van der Waals surface area contributed by atoms with E-state index in [1.165, 1.54) is 5.56 Å². The lowest BCUT2D eigenvalue weighted by molar-refractivity contribution is 0.409. The topological polar surface area (TPSA) is 75.6 Å². The van der Waals surface area contributed by atoms with Gasteiger partial charge in [0.1, 0.15) is 5.75 Å². The van der Waals surface area contributed by atoms with Crippen LogP contribution in [0.5, 0.6) is 5.75 Å². The first kappa shape index (κ1) is 16.3. The summed E-state index contributed by atoms with van der Waals surface area (Å²) in [5, 5.41) is 3.13. The van der Waals surface area contributed by atoms with Crippen molar-refractivity contribution in [1.82, 2.24) is 5.32 Å². The maximum Gasteiger partial charge on any atom is 0.319 e. The highest BCUT2D eigenvalue weighted by molar-refractivity contribution is 8.69. The first-order valence-electron chi connectivity index (χ1n) is 5.97. The van der Waals surface area contributed by atoms with Crippen LogP contribution in [0.15, 0.2) is 24.3 Å². The maximum atomic E-state index is 10.5. The van der Waals surface area contributed by atoms with E-state index >= 15 is 0 Å². The van der Waals surface area contributed by atoms with Gasteiger partial charge in [-0.3, -0.25) is 4.55 Å². The van der Waals surface area contributed by atoms with Crippen molar-refractivity contribution >= 4 is 19.9 Å². The van der Waals surface area contributed by atoms with Crippen LogP contribution in [-0.4, -0.2) is 38.9 Å². The van der Waals surface area contributed by atoms with E-state index in [0.717, 1.165) is 25.1 Å². The molecule has 0 atom stereocenters. The monoisotopic (exact) mass is 305 g/mol. The Hall–Kier alpha value is -0.760. The second kappa shape index (κ2) is 8.42. The van der Waals surface area contributed by atoms with Gasteiger partial charge < -0.3 is 10.1 Å². The fourth-order valence-corrected chi connectivity index (χ4v) is 2.98. The van der Waals surface area contributed by atoms with Crippen LogP contribution in [0, 0.1) is 0 Å². The highest BCUT2D eigenvalue weighted by atomic mass is 33.1.